The second-order valence-corrected chi connectivity index (χ2v) is 6.66. The number of para-hydroxylation sites is 1. The molecule has 1 unspecified atom stereocenters. The molecule has 0 spiro atoms. The van der Waals surface area contributed by atoms with Crippen LogP contribution in [0.2, 0.25) is 0 Å². The number of rotatable bonds is 8. The van der Waals surface area contributed by atoms with Gasteiger partial charge in [0.15, 0.2) is 4.34 Å². The molecule has 19 heavy (non-hydrogen) atoms. The Morgan fingerprint density at radius 3 is 3.00 bits per heavy atom. The molecule has 5 heteroatoms. The van der Waals surface area contributed by atoms with E-state index >= 15 is 0 Å². The molecule has 0 saturated heterocycles. The van der Waals surface area contributed by atoms with Crippen molar-refractivity contribution in [3.8, 4) is 0 Å². The number of fused-ring (bicyclic) bond motifs is 1. The first-order valence-corrected chi connectivity index (χ1v) is 8.34. The van der Waals surface area contributed by atoms with Crippen LogP contribution in [0.3, 0.4) is 0 Å². The van der Waals surface area contributed by atoms with E-state index in [0.29, 0.717) is 6.04 Å². The van der Waals surface area contributed by atoms with Crippen molar-refractivity contribution in [3.05, 3.63) is 24.3 Å². The second-order valence-electron chi connectivity index (χ2n) is 4.36. The average Bonchev–Trinajstić information content (AvgIpc) is 2.84. The summed E-state index contributed by atoms with van der Waals surface area (Å²) in [4.78, 5) is 4.64. The van der Waals surface area contributed by atoms with Gasteiger partial charge in [0.1, 0.15) is 0 Å². The van der Waals surface area contributed by atoms with Crippen molar-refractivity contribution >= 4 is 33.3 Å². The van der Waals surface area contributed by atoms with Crippen LogP contribution in [0.25, 0.3) is 10.2 Å². The highest BCUT2D eigenvalue weighted by Crippen LogP contribution is 2.29. The van der Waals surface area contributed by atoms with E-state index in [4.69, 9.17) is 4.74 Å². The summed E-state index contributed by atoms with van der Waals surface area (Å²) in [7, 11) is 1.75. The molecule has 0 radical (unpaired) electrons. The van der Waals surface area contributed by atoms with E-state index in [1.54, 1.807) is 18.4 Å². The van der Waals surface area contributed by atoms with Crippen LogP contribution in [0.5, 0.6) is 0 Å². The number of thioether (sulfide) groups is 1. The summed E-state index contributed by atoms with van der Waals surface area (Å²) in [5.74, 6) is 0.994. The molecule has 1 N–H and O–H groups in total. The third-order valence-electron chi connectivity index (χ3n) is 2.73. The fourth-order valence-electron chi connectivity index (χ4n) is 1.80. The number of nitrogens with one attached hydrogen (secondary N) is 1. The average molecular weight is 296 g/mol. The highest BCUT2D eigenvalue weighted by atomic mass is 32.2. The van der Waals surface area contributed by atoms with Crippen molar-refractivity contribution in [1.29, 1.82) is 0 Å². The summed E-state index contributed by atoms with van der Waals surface area (Å²) in [6, 6.07) is 8.68. The van der Waals surface area contributed by atoms with Gasteiger partial charge in [-0.2, -0.15) is 0 Å². The van der Waals surface area contributed by atoms with Crippen LogP contribution >= 0.6 is 23.1 Å². The second kappa shape index (κ2) is 7.85. The van der Waals surface area contributed by atoms with Crippen LogP contribution in [0.1, 0.15) is 13.3 Å². The van der Waals surface area contributed by atoms with E-state index in [-0.39, 0.29) is 0 Å². The molecule has 0 fully saturated rings. The van der Waals surface area contributed by atoms with Crippen LogP contribution in [0.15, 0.2) is 28.6 Å². The third kappa shape index (κ3) is 4.45. The zero-order valence-electron chi connectivity index (χ0n) is 11.4. The summed E-state index contributed by atoms with van der Waals surface area (Å²) in [6.07, 6.45) is 1.14. The third-order valence-corrected chi connectivity index (χ3v) is 5.07. The molecule has 1 atom stereocenters. The quantitative estimate of drug-likeness (QED) is 0.757. The van der Waals surface area contributed by atoms with Gasteiger partial charge in [-0.25, -0.2) is 4.98 Å². The van der Waals surface area contributed by atoms with Crippen LogP contribution in [0, 0.1) is 0 Å². The molecule has 0 aliphatic rings. The molecule has 0 amide bonds. The molecule has 104 valence electrons. The van der Waals surface area contributed by atoms with Crippen LogP contribution in [0.4, 0.5) is 0 Å². The maximum Gasteiger partial charge on any atom is 0.151 e. The molecule has 2 aromatic rings. The maximum atomic E-state index is 5.26. The lowest BCUT2D eigenvalue weighted by Crippen LogP contribution is -2.35. The first-order valence-electron chi connectivity index (χ1n) is 6.54. The van der Waals surface area contributed by atoms with Gasteiger partial charge < -0.3 is 10.1 Å². The number of thiazole rings is 1. The van der Waals surface area contributed by atoms with Crippen molar-refractivity contribution in [1.82, 2.24) is 10.3 Å². The Hall–Kier alpha value is -0.620. The first kappa shape index (κ1) is 14.8. The van der Waals surface area contributed by atoms with E-state index in [1.165, 1.54) is 4.70 Å². The largest absolute Gasteiger partial charge is 0.383 e. The number of ether oxygens (including phenoxy) is 1. The maximum absolute atomic E-state index is 5.26. The molecular formula is C14H20N2OS2. The van der Waals surface area contributed by atoms with Gasteiger partial charge in [0.05, 0.1) is 16.8 Å². The van der Waals surface area contributed by atoms with Crippen molar-refractivity contribution in [2.75, 3.05) is 26.0 Å². The van der Waals surface area contributed by atoms with Crippen LogP contribution < -0.4 is 5.32 Å². The molecule has 0 bridgehead atoms. The number of benzene rings is 1. The molecule has 0 aliphatic heterocycles. The van der Waals surface area contributed by atoms with Crippen molar-refractivity contribution in [3.63, 3.8) is 0 Å². The van der Waals surface area contributed by atoms with E-state index < -0.39 is 0 Å². The fraction of sp³-hybridized carbons (Fsp3) is 0.500. The SMILES string of the molecule is CCCNC(COC)CSc1nc2ccccc2s1. The van der Waals surface area contributed by atoms with Gasteiger partial charge >= 0.3 is 0 Å². The Morgan fingerprint density at radius 2 is 2.26 bits per heavy atom. The van der Waals surface area contributed by atoms with E-state index in [1.807, 2.05) is 17.8 Å². The number of methoxy groups -OCH3 is 1. The molecule has 1 aromatic heterocycles. The van der Waals surface area contributed by atoms with Crippen molar-refractivity contribution < 1.29 is 4.74 Å². The number of hydrogen-bond acceptors (Lipinski definition) is 5. The molecule has 1 aromatic carbocycles. The van der Waals surface area contributed by atoms with Gasteiger partial charge in [-0.1, -0.05) is 30.8 Å². The molecule has 2 rings (SSSR count). The monoisotopic (exact) mass is 296 g/mol. The van der Waals surface area contributed by atoms with Gasteiger partial charge in [-0.15, -0.1) is 11.3 Å². The lowest BCUT2D eigenvalue weighted by atomic mass is 10.3. The minimum absolute atomic E-state index is 0.391. The normalized spacial score (nSPS) is 12.9. The smallest absolute Gasteiger partial charge is 0.151 e. The lowest BCUT2D eigenvalue weighted by molar-refractivity contribution is 0.174. The lowest BCUT2D eigenvalue weighted by Gasteiger charge is -2.16. The topological polar surface area (TPSA) is 34.1 Å². The fourth-order valence-corrected chi connectivity index (χ4v) is 3.93. The summed E-state index contributed by atoms with van der Waals surface area (Å²) in [5, 5.41) is 3.51. The van der Waals surface area contributed by atoms with Gasteiger partial charge in [0.25, 0.3) is 0 Å². The molecule has 0 saturated carbocycles. The summed E-state index contributed by atoms with van der Waals surface area (Å²) in [6.45, 7) is 3.96. The van der Waals surface area contributed by atoms with E-state index in [9.17, 15) is 0 Å². The predicted octanol–water partition coefficient (Wildman–Crippen LogP) is 3.40. The van der Waals surface area contributed by atoms with Crippen molar-refractivity contribution in [2.45, 2.75) is 23.7 Å². The molecule has 3 nitrogen and oxygen atoms in total. The minimum atomic E-state index is 0.391. The number of aromatic nitrogens is 1. The summed E-state index contributed by atoms with van der Waals surface area (Å²) >= 11 is 3.57. The zero-order chi connectivity index (χ0) is 13.5. The number of nitrogens with zero attached hydrogens (tertiary/aromatic N) is 1. The Bertz CT molecular complexity index is 468. The van der Waals surface area contributed by atoms with E-state index in [2.05, 4.69) is 35.4 Å². The first-order chi connectivity index (χ1) is 9.33. The van der Waals surface area contributed by atoms with Crippen molar-refractivity contribution in [2.24, 2.45) is 0 Å². The van der Waals surface area contributed by atoms with E-state index in [0.717, 1.165) is 35.2 Å². The Kier molecular flexibility index (Phi) is 6.10. The van der Waals surface area contributed by atoms with Gasteiger partial charge in [-0.3, -0.25) is 0 Å². The predicted molar refractivity (Wildman–Crippen MR) is 84.3 cm³/mol. The highest BCUT2D eigenvalue weighted by molar-refractivity contribution is 8.01. The van der Waals surface area contributed by atoms with Gasteiger partial charge in [0, 0.05) is 18.9 Å². The van der Waals surface area contributed by atoms with Gasteiger partial charge in [-0.05, 0) is 25.1 Å². The standard InChI is InChI=1S/C14H20N2OS2/c1-3-8-15-11(9-17-2)10-18-14-16-12-6-4-5-7-13(12)19-14/h4-7,11,15H,3,8-10H2,1-2H3. The molecule has 0 aliphatic carbocycles. The zero-order valence-corrected chi connectivity index (χ0v) is 13.0. The van der Waals surface area contributed by atoms with Crippen LogP contribution in [-0.4, -0.2) is 37.0 Å². The van der Waals surface area contributed by atoms with Gasteiger partial charge in [0.2, 0.25) is 0 Å². The van der Waals surface area contributed by atoms with Crippen LogP contribution in [-0.2, 0) is 4.74 Å². The summed E-state index contributed by atoms with van der Waals surface area (Å²) < 4.78 is 7.65. The Morgan fingerprint density at radius 1 is 1.42 bits per heavy atom. The minimum Gasteiger partial charge on any atom is -0.383 e. The summed E-state index contributed by atoms with van der Waals surface area (Å²) in [5.41, 5.74) is 1.10. The molecule has 1 heterocycles. The highest BCUT2D eigenvalue weighted by Gasteiger charge is 2.10. The molecular weight excluding hydrogens is 276 g/mol. The Balaban J connectivity index is 1.91. The number of hydrogen-bond donors (Lipinski definition) is 1. The Labute approximate surface area is 122 Å².